The summed E-state index contributed by atoms with van der Waals surface area (Å²) in [7, 11) is 0. The van der Waals surface area contributed by atoms with Gasteiger partial charge in [0, 0.05) is 32.6 Å². The maximum Gasteiger partial charge on any atom is 0.216 e. The van der Waals surface area contributed by atoms with Gasteiger partial charge in [0.1, 0.15) is 24.4 Å². The molecule has 11 nitrogen and oxygen atoms in total. The van der Waals surface area contributed by atoms with Crippen LogP contribution in [0.2, 0.25) is 0 Å². The molecule has 30 heavy (non-hydrogen) atoms. The van der Waals surface area contributed by atoms with Gasteiger partial charge < -0.3 is 50.2 Å². The Morgan fingerprint density at radius 1 is 1.13 bits per heavy atom. The lowest BCUT2D eigenvalue weighted by molar-refractivity contribution is -0.268. The van der Waals surface area contributed by atoms with Crippen LogP contribution in [-0.2, 0) is 19.0 Å². The van der Waals surface area contributed by atoms with Crippen molar-refractivity contribution in [2.75, 3.05) is 39.6 Å². The molecule has 1 amide bonds. The second-order valence-corrected chi connectivity index (χ2v) is 7.44. The topological polar surface area (TPSA) is 178 Å². The molecular formula is C19H37NO10. The van der Waals surface area contributed by atoms with E-state index in [0.717, 1.165) is 0 Å². The highest BCUT2D eigenvalue weighted by molar-refractivity contribution is 5.72. The van der Waals surface area contributed by atoms with Gasteiger partial charge in [-0.1, -0.05) is 6.92 Å². The van der Waals surface area contributed by atoms with Crippen molar-refractivity contribution in [3.63, 3.8) is 0 Å². The molecule has 1 rings (SSSR count). The van der Waals surface area contributed by atoms with Gasteiger partial charge in [0.25, 0.3) is 0 Å². The first-order valence-corrected chi connectivity index (χ1v) is 10.3. The van der Waals surface area contributed by atoms with Crippen molar-refractivity contribution < 1.29 is 49.6 Å². The maximum absolute atomic E-state index is 10.8. The zero-order valence-electron chi connectivity index (χ0n) is 17.6. The molecule has 0 aromatic carbocycles. The van der Waals surface area contributed by atoms with Crippen LogP contribution in [0.3, 0.4) is 0 Å². The van der Waals surface area contributed by atoms with Gasteiger partial charge in [0.05, 0.1) is 38.1 Å². The summed E-state index contributed by atoms with van der Waals surface area (Å²) in [4.78, 5) is 10.8. The number of ether oxygens (including phenoxy) is 3. The normalized spacial score (nSPS) is 29.9. The number of carbonyl (C=O) groups excluding carboxylic acids is 1. The average molecular weight is 440 g/mol. The number of hydrogen-bond acceptors (Lipinski definition) is 10. The van der Waals surface area contributed by atoms with E-state index in [-0.39, 0.29) is 25.7 Å². The maximum atomic E-state index is 10.8. The van der Waals surface area contributed by atoms with Gasteiger partial charge in [-0.15, -0.1) is 0 Å². The predicted molar refractivity (Wildman–Crippen MR) is 105 cm³/mol. The van der Waals surface area contributed by atoms with E-state index in [1.807, 2.05) is 6.92 Å². The van der Waals surface area contributed by atoms with Crippen molar-refractivity contribution in [3.8, 4) is 0 Å². The largest absolute Gasteiger partial charge is 0.394 e. The number of carbonyl (C=O) groups is 1. The van der Waals surface area contributed by atoms with Crippen LogP contribution in [0.15, 0.2) is 0 Å². The lowest BCUT2D eigenvalue weighted by atomic mass is 9.82. The van der Waals surface area contributed by atoms with Gasteiger partial charge in [-0.2, -0.15) is 0 Å². The van der Waals surface area contributed by atoms with Gasteiger partial charge in [0.2, 0.25) is 5.91 Å². The minimum Gasteiger partial charge on any atom is -0.394 e. The van der Waals surface area contributed by atoms with E-state index < -0.39 is 61.9 Å². The fourth-order valence-corrected chi connectivity index (χ4v) is 3.46. The Hall–Kier alpha value is -0.890. The molecule has 1 heterocycles. The first kappa shape index (κ1) is 27.1. The summed E-state index contributed by atoms with van der Waals surface area (Å²) >= 11 is 0. The molecule has 0 saturated carbocycles. The number of amides is 1. The molecule has 1 fully saturated rings. The summed E-state index contributed by atoms with van der Waals surface area (Å²) < 4.78 is 16.5. The molecule has 178 valence electrons. The minimum absolute atomic E-state index is 0.164. The summed E-state index contributed by atoms with van der Waals surface area (Å²) in [5.74, 6) is -1.36. The van der Waals surface area contributed by atoms with Crippen molar-refractivity contribution in [1.29, 1.82) is 0 Å². The summed E-state index contributed by atoms with van der Waals surface area (Å²) in [5, 5.41) is 63.5. The van der Waals surface area contributed by atoms with Crippen molar-refractivity contribution in [1.82, 2.24) is 5.32 Å². The molecule has 0 bridgehead atoms. The van der Waals surface area contributed by atoms with Crippen molar-refractivity contribution >= 4 is 5.91 Å². The fraction of sp³-hybridized carbons (Fsp3) is 0.947. The molecule has 1 unspecified atom stereocenters. The molecule has 0 aromatic rings. The smallest absolute Gasteiger partial charge is 0.216 e. The third-order valence-corrected chi connectivity index (χ3v) is 5.00. The van der Waals surface area contributed by atoms with Crippen molar-refractivity contribution in [2.24, 2.45) is 5.92 Å². The summed E-state index contributed by atoms with van der Waals surface area (Å²) in [6.07, 6.45) is -7.85. The predicted octanol–water partition coefficient (Wildman–Crippen LogP) is -2.86. The van der Waals surface area contributed by atoms with Crippen LogP contribution < -0.4 is 5.32 Å². The second-order valence-electron chi connectivity index (χ2n) is 7.44. The third-order valence-electron chi connectivity index (χ3n) is 5.00. The Balaban J connectivity index is 2.77. The van der Waals surface area contributed by atoms with Crippen LogP contribution in [0.25, 0.3) is 0 Å². The monoisotopic (exact) mass is 439 g/mol. The Kier molecular flexibility index (Phi) is 12.9. The Bertz CT molecular complexity index is 480. The van der Waals surface area contributed by atoms with Crippen LogP contribution in [0.5, 0.6) is 0 Å². The highest BCUT2D eigenvalue weighted by Gasteiger charge is 2.50. The molecule has 1 saturated heterocycles. The number of nitrogens with one attached hydrogen (secondary N) is 1. The average Bonchev–Trinajstić information content (AvgIpc) is 2.72. The molecule has 0 aromatic heterocycles. The summed E-state index contributed by atoms with van der Waals surface area (Å²) in [6.45, 7) is 2.72. The molecule has 0 spiro atoms. The van der Waals surface area contributed by atoms with Gasteiger partial charge in [-0.25, -0.2) is 0 Å². The van der Waals surface area contributed by atoms with E-state index in [0.29, 0.717) is 19.4 Å². The molecule has 1 aliphatic rings. The van der Waals surface area contributed by atoms with Crippen LogP contribution >= 0.6 is 0 Å². The molecule has 0 radical (unpaired) electrons. The van der Waals surface area contributed by atoms with E-state index in [1.54, 1.807) is 0 Å². The SMILES string of the molecule is CCCO[C@H]1[C@H](O)[C@@H](O)[C@@H](C([C@H](O)CO)[C@H](O)COCCCNC(C)=O)O[C@@H]1CO. The van der Waals surface area contributed by atoms with E-state index in [9.17, 15) is 35.4 Å². The van der Waals surface area contributed by atoms with E-state index >= 15 is 0 Å². The first-order chi connectivity index (χ1) is 14.3. The molecular weight excluding hydrogens is 402 g/mol. The van der Waals surface area contributed by atoms with Gasteiger partial charge in [0.15, 0.2) is 0 Å². The highest BCUT2D eigenvalue weighted by Crippen LogP contribution is 2.31. The Morgan fingerprint density at radius 3 is 2.40 bits per heavy atom. The zero-order chi connectivity index (χ0) is 22.7. The minimum atomic E-state index is -1.53. The molecule has 0 aliphatic carbocycles. The van der Waals surface area contributed by atoms with E-state index in [4.69, 9.17) is 14.2 Å². The lowest BCUT2D eigenvalue weighted by Gasteiger charge is -2.46. The van der Waals surface area contributed by atoms with Crippen LogP contribution in [0.1, 0.15) is 26.7 Å². The quantitative estimate of drug-likeness (QED) is 0.139. The fourth-order valence-electron chi connectivity index (χ4n) is 3.46. The summed E-state index contributed by atoms with van der Waals surface area (Å²) in [5.41, 5.74) is 0. The van der Waals surface area contributed by atoms with Gasteiger partial charge in [-0.3, -0.25) is 4.79 Å². The zero-order valence-corrected chi connectivity index (χ0v) is 17.6. The highest BCUT2D eigenvalue weighted by atomic mass is 16.6. The van der Waals surface area contributed by atoms with E-state index in [1.165, 1.54) is 6.92 Å². The Morgan fingerprint density at radius 2 is 1.83 bits per heavy atom. The summed E-state index contributed by atoms with van der Waals surface area (Å²) in [6, 6.07) is 0. The Labute approximate surface area is 176 Å². The number of rotatable bonds is 14. The van der Waals surface area contributed by atoms with Gasteiger partial charge in [-0.05, 0) is 12.8 Å². The van der Waals surface area contributed by atoms with Crippen LogP contribution in [-0.4, -0.2) is 119 Å². The molecule has 8 atom stereocenters. The number of aliphatic hydroxyl groups is 6. The van der Waals surface area contributed by atoms with Gasteiger partial charge >= 0.3 is 0 Å². The van der Waals surface area contributed by atoms with Crippen molar-refractivity contribution in [3.05, 3.63) is 0 Å². The van der Waals surface area contributed by atoms with Crippen molar-refractivity contribution in [2.45, 2.75) is 69.4 Å². The van der Waals surface area contributed by atoms with E-state index in [2.05, 4.69) is 5.32 Å². The molecule has 1 aliphatic heterocycles. The number of aliphatic hydroxyl groups excluding tert-OH is 6. The molecule has 11 heteroatoms. The van der Waals surface area contributed by atoms with Crippen LogP contribution in [0, 0.1) is 5.92 Å². The molecule has 7 N–H and O–H groups in total. The standard InChI is InChI=1S/C19H37NO10/c1-3-6-29-18-14(9-22)30-19(17(27)16(18)26)15(12(24)8-21)13(25)10-28-7-4-5-20-11(2)23/h12-19,21-22,24-27H,3-10H2,1-2H3,(H,20,23)/t12-,13-,14-,15?,16-,17-,18-,19-/m1/s1. The number of hydrogen-bond donors (Lipinski definition) is 7. The van der Waals surface area contributed by atoms with Crippen LogP contribution in [0.4, 0.5) is 0 Å². The first-order valence-electron chi connectivity index (χ1n) is 10.3. The third kappa shape index (κ3) is 7.98. The lowest BCUT2D eigenvalue weighted by Crippen LogP contribution is -2.64. The second kappa shape index (κ2) is 14.2.